The first kappa shape index (κ1) is 23.9. The van der Waals surface area contributed by atoms with Crippen LogP contribution in [0.25, 0.3) is 0 Å². The van der Waals surface area contributed by atoms with Crippen LogP contribution in [0.4, 0.5) is 0 Å². The summed E-state index contributed by atoms with van der Waals surface area (Å²) in [5.41, 5.74) is 3.59. The fourth-order valence-electron chi connectivity index (χ4n) is 1.76. The molecule has 1 N–H and O–H groups in total. The molecule has 0 aliphatic rings. The van der Waals surface area contributed by atoms with E-state index in [9.17, 15) is 14.4 Å². The van der Waals surface area contributed by atoms with E-state index in [4.69, 9.17) is 4.89 Å². The number of hydrogen-bond acceptors (Lipinski definition) is 6. The van der Waals surface area contributed by atoms with Crippen LogP contribution in [0, 0.1) is 0 Å². The fourth-order valence-corrected chi connectivity index (χ4v) is 3.95. The Kier molecular flexibility index (Phi) is 11.5. The Bertz CT molecular complexity index is 573. The Hall–Kier alpha value is -0.100. The van der Waals surface area contributed by atoms with Gasteiger partial charge in [0.15, 0.2) is 0 Å². The first-order valence-electron chi connectivity index (χ1n) is 7.56. The molecule has 0 radical (unpaired) electrons. The summed E-state index contributed by atoms with van der Waals surface area (Å²) in [5.74, 6) is 0. The van der Waals surface area contributed by atoms with Crippen molar-refractivity contribution in [2.45, 2.75) is 53.4 Å². The molecule has 0 saturated heterocycles. The highest BCUT2D eigenvalue weighted by Crippen LogP contribution is 2.52. The van der Waals surface area contributed by atoms with Crippen molar-refractivity contribution < 1.29 is 28.1 Å². The summed E-state index contributed by atoms with van der Waals surface area (Å²) < 4.78 is 19.5. The van der Waals surface area contributed by atoms with E-state index in [0.29, 0.717) is 0 Å². The molecule has 0 amide bonds. The van der Waals surface area contributed by atoms with Crippen molar-refractivity contribution in [1.29, 1.82) is 0 Å². The number of rotatable bonds is 11. The van der Waals surface area contributed by atoms with E-state index in [-0.39, 0.29) is 6.61 Å². The van der Waals surface area contributed by atoms with Crippen LogP contribution in [0.2, 0.25) is 0 Å². The van der Waals surface area contributed by atoms with Crippen LogP contribution < -0.4 is 9.79 Å². The maximum Gasteiger partial charge on any atom is 0.273 e. The average molecular weight is 396 g/mol. The maximum atomic E-state index is 11.2. The molecule has 24 heavy (non-hydrogen) atoms. The van der Waals surface area contributed by atoms with E-state index in [2.05, 4.69) is 53.6 Å². The zero-order chi connectivity index (χ0) is 18.8. The largest absolute Gasteiger partial charge is 0.780 e. The van der Waals surface area contributed by atoms with Crippen LogP contribution >= 0.6 is 14.5 Å². The van der Waals surface area contributed by atoms with Gasteiger partial charge in [-0.25, -0.2) is 0 Å². The molecule has 0 aromatic rings. The fraction of sp³-hybridized carbons (Fsp3) is 0.600. The Balaban J connectivity index is 4.18. The van der Waals surface area contributed by atoms with Crippen LogP contribution in [0.15, 0.2) is 34.9 Å². The van der Waals surface area contributed by atoms with Gasteiger partial charge in [-0.3, -0.25) is 8.88 Å². The molecule has 0 aliphatic heterocycles. The summed E-state index contributed by atoms with van der Waals surface area (Å²) in [5, 5.41) is 0. The number of phosphoric acid groups is 1. The molecule has 0 spiro atoms. The van der Waals surface area contributed by atoms with Crippen LogP contribution in [-0.4, -0.2) is 11.5 Å². The Morgan fingerprint density at radius 1 is 1.04 bits per heavy atom. The molecule has 0 saturated carbocycles. The van der Waals surface area contributed by atoms with Crippen LogP contribution in [0.3, 0.4) is 0 Å². The zero-order valence-electron chi connectivity index (χ0n) is 14.6. The third-order valence-electron chi connectivity index (χ3n) is 2.99. The van der Waals surface area contributed by atoms with Crippen LogP contribution in [0.5, 0.6) is 0 Å². The Morgan fingerprint density at radius 2 is 1.54 bits per heavy atom. The molecule has 0 heterocycles. The van der Waals surface area contributed by atoms with Gasteiger partial charge in [0, 0.05) is 0 Å². The van der Waals surface area contributed by atoms with Gasteiger partial charge in [0.1, 0.15) is 6.72 Å². The van der Waals surface area contributed by atoms with Crippen molar-refractivity contribution in [2.24, 2.45) is 0 Å². The van der Waals surface area contributed by atoms with Crippen molar-refractivity contribution in [1.82, 2.24) is 0 Å². The van der Waals surface area contributed by atoms with Crippen molar-refractivity contribution in [3.8, 4) is 0 Å². The van der Waals surface area contributed by atoms with E-state index in [1.54, 1.807) is 6.08 Å². The molecular formula is C15H26O6P2S-2. The minimum absolute atomic E-state index is 0.259. The maximum absolute atomic E-state index is 11.2. The molecule has 0 aliphatic carbocycles. The highest BCUT2D eigenvalue weighted by molar-refractivity contribution is 8.07. The van der Waals surface area contributed by atoms with Gasteiger partial charge in [-0.15, -0.1) is 0 Å². The summed E-state index contributed by atoms with van der Waals surface area (Å²) in [6.45, 7) is 3.30. The second-order valence-electron chi connectivity index (χ2n) is 5.75. The molecule has 2 atom stereocenters. The number of phosphoric ester groups is 1. The Morgan fingerprint density at radius 3 is 2.04 bits per heavy atom. The zero-order valence-corrected chi connectivity index (χ0v) is 17.2. The Labute approximate surface area is 149 Å². The second kappa shape index (κ2) is 11.5. The van der Waals surface area contributed by atoms with Crippen molar-refractivity contribution in [2.75, 3.05) is 6.61 Å². The lowest BCUT2D eigenvalue weighted by Gasteiger charge is -2.29. The number of allylic oxidation sites excluding steroid dienone is 5. The highest BCUT2D eigenvalue weighted by Gasteiger charge is 2.12. The summed E-state index contributed by atoms with van der Waals surface area (Å²) >= 11 is 3.97. The van der Waals surface area contributed by atoms with Crippen molar-refractivity contribution in [3.05, 3.63) is 34.9 Å². The minimum atomic E-state index is -4.86. The van der Waals surface area contributed by atoms with E-state index < -0.39 is 14.5 Å². The SMILES string of the molecule is CC(C)=CCCC(C)=CCCC(C)=CCOP(=O)([O-])OP([O-])(O)=S. The van der Waals surface area contributed by atoms with Gasteiger partial charge in [-0.1, -0.05) is 46.8 Å². The highest BCUT2D eigenvalue weighted by atomic mass is 32.5. The van der Waals surface area contributed by atoms with Crippen LogP contribution in [-0.2, 0) is 25.2 Å². The van der Waals surface area contributed by atoms with Gasteiger partial charge in [0.05, 0.1) is 6.61 Å². The molecule has 0 bridgehead atoms. The number of hydrogen-bond donors (Lipinski definition) is 1. The second-order valence-corrected chi connectivity index (χ2v) is 9.88. The quantitative estimate of drug-likeness (QED) is 0.421. The predicted molar refractivity (Wildman–Crippen MR) is 96.6 cm³/mol. The first-order valence-corrected chi connectivity index (χ1v) is 11.6. The van der Waals surface area contributed by atoms with E-state index in [1.165, 1.54) is 11.1 Å². The standard InChI is InChI=1S/C15H28O6P2S/c1-13(2)7-5-8-14(3)9-6-10-15(4)11-12-20-22(16,17)21-23(18,19)24/h7,9,11H,5-6,8,10,12H2,1-4H3,(H,16,17)(H2,18,19,24)/p-2. The molecule has 0 fully saturated rings. The first-order chi connectivity index (χ1) is 10.9. The lowest BCUT2D eigenvalue weighted by molar-refractivity contribution is -0.232. The molecule has 6 nitrogen and oxygen atoms in total. The summed E-state index contributed by atoms with van der Waals surface area (Å²) in [7, 11) is -4.86. The van der Waals surface area contributed by atoms with Crippen LogP contribution in [0.1, 0.15) is 53.4 Å². The van der Waals surface area contributed by atoms with Crippen molar-refractivity contribution in [3.63, 3.8) is 0 Å². The minimum Gasteiger partial charge on any atom is -0.780 e. The average Bonchev–Trinajstić information content (AvgIpc) is 2.34. The molecule has 9 heteroatoms. The van der Waals surface area contributed by atoms with Gasteiger partial charge >= 0.3 is 0 Å². The molecular weight excluding hydrogens is 370 g/mol. The van der Waals surface area contributed by atoms with Gasteiger partial charge in [-0.2, -0.15) is 0 Å². The predicted octanol–water partition coefficient (Wildman–Crippen LogP) is 3.48. The molecule has 0 aromatic carbocycles. The lowest BCUT2D eigenvalue weighted by atomic mass is 10.1. The van der Waals surface area contributed by atoms with Gasteiger partial charge < -0.3 is 19.2 Å². The van der Waals surface area contributed by atoms with E-state index in [1.807, 2.05) is 6.92 Å². The van der Waals surface area contributed by atoms with E-state index >= 15 is 0 Å². The molecule has 0 aromatic heterocycles. The van der Waals surface area contributed by atoms with Gasteiger partial charge in [-0.05, 0) is 53.4 Å². The third-order valence-corrected chi connectivity index (χ3v) is 5.68. The molecule has 140 valence electrons. The van der Waals surface area contributed by atoms with E-state index in [0.717, 1.165) is 31.3 Å². The lowest BCUT2D eigenvalue weighted by Crippen LogP contribution is -2.11. The molecule has 0 rings (SSSR count). The molecule has 2 unspecified atom stereocenters. The van der Waals surface area contributed by atoms with Gasteiger partial charge in [0.25, 0.3) is 7.82 Å². The van der Waals surface area contributed by atoms with Crippen molar-refractivity contribution >= 4 is 26.3 Å². The monoisotopic (exact) mass is 396 g/mol. The third kappa shape index (κ3) is 15.4. The topological polar surface area (TPSA) is 102 Å². The summed E-state index contributed by atoms with van der Waals surface area (Å²) in [6, 6.07) is 0. The summed E-state index contributed by atoms with van der Waals surface area (Å²) in [4.78, 5) is 30.6. The summed E-state index contributed by atoms with van der Waals surface area (Å²) in [6.07, 6.45) is 9.64. The van der Waals surface area contributed by atoms with Gasteiger partial charge in [0.2, 0.25) is 0 Å². The normalized spacial score (nSPS) is 18.0. The smallest absolute Gasteiger partial charge is 0.273 e.